The lowest BCUT2D eigenvalue weighted by Crippen LogP contribution is -2.49. The smallest absolute Gasteiger partial charge is 0.328 e. The van der Waals surface area contributed by atoms with Crippen molar-refractivity contribution in [2.24, 2.45) is 0 Å². The predicted molar refractivity (Wildman–Crippen MR) is 77.2 cm³/mol. The first-order valence-corrected chi connectivity index (χ1v) is 6.90. The van der Waals surface area contributed by atoms with Gasteiger partial charge in [-0.15, -0.1) is 0 Å². The van der Waals surface area contributed by atoms with Gasteiger partial charge in [0.1, 0.15) is 11.4 Å². The molecule has 1 unspecified atom stereocenters. The lowest BCUT2D eigenvalue weighted by atomic mass is 9.92. The van der Waals surface area contributed by atoms with E-state index >= 15 is 0 Å². The Morgan fingerprint density at radius 3 is 2.55 bits per heavy atom. The summed E-state index contributed by atoms with van der Waals surface area (Å²) in [6.07, 6.45) is 0. The number of rotatable bonds is 8. The zero-order chi connectivity index (χ0) is 15.2. The molecule has 0 heterocycles. The molecule has 0 spiro atoms. The molecule has 0 bridgehead atoms. The molecule has 1 rings (SSSR count). The Bertz CT molecular complexity index is 449. The lowest BCUT2D eigenvalue weighted by Gasteiger charge is -2.28. The molecule has 0 aromatic heterocycles. The standard InChI is InChI=1S/C15H23FN2O2/c1-4-18(5-2)10-9-17-15(3,14(19)20)12-7-6-8-13(16)11-12/h6-8,11,17H,4-5,9-10H2,1-3H3,(H,19,20). The highest BCUT2D eigenvalue weighted by Gasteiger charge is 2.34. The molecule has 112 valence electrons. The van der Waals surface area contributed by atoms with Crippen LogP contribution in [0.3, 0.4) is 0 Å². The molecule has 0 aliphatic heterocycles. The molecular formula is C15H23FN2O2. The highest BCUT2D eigenvalue weighted by Crippen LogP contribution is 2.21. The van der Waals surface area contributed by atoms with Gasteiger partial charge in [-0.2, -0.15) is 0 Å². The fourth-order valence-corrected chi connectivity index (χ4v) is 2.10. The van der Waals surface area contributed by atoms with E-state index < -0.39 is 17.3 Å². The number of carboxylic acids is 1. The van der Waals surface area contributed by atoms with Gasteiger partial charge < -0.3 is 10.0 Å². The first-order valence-electron chi connectivity index (χ1n) is 6.90. The number of hydrogen-bond acceptors (Lipinski definition) is 3. The van der Waals surface area contributed by atoms with Gasteiger partial charge in [0.05, 0.1) is 0 Å². The Morgan fingerprint density at radius 2 is 2.05 bits per heavy atom. The van der Waals surface area contributed by atoms with E-state index in [1.54, 1.807) is 13.0 Å². The third-order valence-electron chi connectivity index (χ3n) is 3.63. The molecular weight excluding hydrogens is 259 g/mol. The first-order chi connectivity index (χ1) is 9.43. The zero-order valence-corrected chi connectivity index (χ0v) is 12.3. The Hall–Kier alpha value is -1.46. The molecule has 20 heavy (non-hydrogen) atoms. The van der Waals surface area contributed by atoms with Crippen LogP contribution >= 0.6 is 0 Å². The molecule has 1 atom stereocenters. The number of likely N-dealkylation sites (N-methyl/N-ethyl adjacent to an activating group) is 1. The van der Waals surface area contributed by atoms with Crippen molar-refractivity contribution in [1.29, 1.82) is 0 Å². The summed E-state index contributed by atoms with van der Waals surface area (Å²) in [6, 6.07) is 5.72. The number of aliphatic carboxylic acids is 1. The van der Waals surface area contributed by atoms with Crippen LogP contribution in [-0.2, 0) is 10.3 Å². The van der Waals surface area contributed by atoms with Gasteiger partial charge in [-0.25, -0.2) is 9.18 Å². The molecule has 5 heteroatoms. The predicted octanol–water partition coefficient (Wildman–Crippen LogP) is 2.06. The number of hydrogen-bond donors (Lipinski definition) is 2. The molecule has 0 saturated carbocycles. The average molecular weight is 282 g/mol. The van der Waals surface area contributed by atoms with Crippen molar-refractivity contribution in [2.45, 2.75) is 26.3 Å². The highest BCUT2D eigenvalue weighted by molar-refractivity contribution is 5.80. The van der Waals surface area contributed by atoms with Crippen LogP contribution in [0, 0.1) is 5.82 Å². The van der Waals surface area contributed by atoms with Crippen molar-refractivity contribution in [3.63, 3.8) is 0 Å². The number of halogens is 1. The summed E-state index contributed by atoms with van der Waals surface area (Å²) < 4.78 is 13.3. The summed E-state index contributed by atoms with van der Waals surface area (Å²) in [5, 5.41) is 12.5. The van der Waals surface area contributed by atoms with Crippen molar-refractivity contribution in [3.8, 4) is 0 Å². The number of carboxylic acid groups (broad SMARTS) is 1. The fraction of sp³-hybridized carbons (Fsp3) is 0.533. The molecule has 0 radical (unpaired) electrons. The molecule has 0 amide bonds. The van der Waals surface area contributed by atoms with Crippen LogP contribution in [0.2, 0.25) is 0 Å². The Labute approximate surface area is 119 Å². The van der Waals surface area contributed by atoms with Gasteiger partial charge in [0.2, 0.25) is 0 Å². The van der Waals surface area contributed by atoms with Gasteiger partial charge in [-0.1, -0.05) is 26.0 Å². The number of benzene rings is 1. The van der Waals surface area contributed by atoms with Crippen LogP contribution in [-0.4, -0.2) is 42.2 Å². The van der Waals surface area contributed by atoms with Crippen LogP contribution < -0.4 is 5.32 Å². The first kappa shape index (κ1) is 16.6. The summed E-state index contributed by atoms with van der Waals surface area (Å²) in [5.41, 5.74) is -0.862. The third-order valence-corrected chi connectivity index (χ3v) is 3.63. The summed E-state index contributed by atoms with van der Waals surface area (Å²) >= 11 is 0. The molecule has 0 fully saturated rings. The number of nitrogens with one attached hydrogen (secondary N) is 1. The van der Waals surface area contributed by atoms with E-state index in [9.17, 15) is 14.3 Å². The van der Waals surface area contributed by atoms with Gasteiger partial charge in [-0.05, 0) is 37.7 Å². The zero-order valence-electron chi connectivity index (χ0n) is 12.3. The quantitative estimate of drug-likeness (QED) is 0.766. The Balaban J connectivity index is 2.80. The van der Waals surface area contributed by atoms with Crippen molar-refractivity contribution < 1.29 is 14.3 Å². The van der Waals surface area contributed by atoms with Crippen molar-refractivity contribution in [2.75, 3.05) is 26.2 Å². The summed E-state index contributed by atoms with van der Waals surface area (Å²) in [7, 11) is 0. The van der Waals surface area contributed by atoms with Gasteiger partial charge in [0.25, 0.3) is 0 Å². The van der Waals surface area contributed by atoms with Gasteiger partial charge in [0.15, 0.2) is 0 Å². The molecule has 0 saturated heterocycles. The van der Waals surface area contributed by atoms with Crippen molar-refractivity contribution >= 4 is 5.97 Å². The third kappa shape index (κ3) is 4.02. The maximum atomic E-state index is 13.3. The molecule has 1 aromatic carbocycles. The average Bonchev–Trinajstić information content (AvgIpc) is 2.43. The molecule has 1 aromatic rings. The Kier molecular flexibility index (Phi) is 6.10. The van der Waals surface area contributed by atoms with E-state index in [1.807, 2.05) is 0 Å². The van der Waals surface area contributed by atoms with Crippen LogP contribution in [0.4, 0.5) is 4.39 Å². The van der Waals surface area contributed by atoms with Crippen LogP contribution in [0.1, 0.15) is 26.3 Å². The monoisotopic (exact) mass is 282 g/mol. The highest BCUT2D eigenvalue weighted by atomic mass is 19.1. The summed E-state index contributed by atoms with van der Waals surface area (Å²) in [5.74, 6) is -1.44. The maximum Gasteiger partial charge on any atom is 0.328 e. The SMILES string of the molecule is CCN(CC)CCNC(C)(C(=O)O)c1cccc(F)c1. The van der Waals surface area contributed by atoms with Crippen LogP contribution in [0.5, 0.6) is 0 Å². The topological polar surface area (TPSA) is 52.6 Å². The minimum Gasteiger partial charge on any atom is -0.480 e. The molecule has 4 nitrogen and oxygen atoms in total. The van der Waals surface area contributed by atoms with Crippen LogP contribution in [0.25, 0.3) is 0 Å². The van der Waals surface area contributed by atoms with Crippen molar-refractivity contribution in [3.05, 3.63) is 35.6 Å². The van der Waals surface area contributed by atoms with E-state index in [1.165, 1.54) is 18.2 Å². The molecule has 0 aliphatic carbocycles. The number of nitrogens with zero attached hydrogens (tertiary/aromatic N) is 1. The minimum absolute atomic E-state index is 0.421. The van der Waals surface area contributed by atoms with E-state index in [4.69, 9.17) is 0 Å². The van der Waals surface area contributed by atoms with E-state index in [-0.39, 0.29) is 0 Å². The summed E-state index contributed by atoms with van der Waals surface area (Å²) in [6.45, 7) is 8.81. The molecule has 2 N–H and O–H groups in total. The van der Waals surface area contributed by atoms with E-state index in [0.29, 0.717) is 12.1 Å². The van der Waals surface area contributed by atoms with Gasteiger partial charge in [0, 0.05) is 13.1 Å². The number of carbonyl (C=O) groups is 1. The van der Waals surface area contributed by atoms with Crippen LogP contribution in [0.15, 0.2) is 24.3 Å². The minimum atomic E-state index is -1.28. The second-order valence-electron chi connectivity index (χ2n) is 4.89. The largest absolute Gasteiger partial charge is 0.480 e. The lowest BCUT2D eigenvalue weighted by molar-refractivity contribution is -0.144. The van der Waals surface area contributed by atoms with E-state index in [2.05, 4.69) is 24.1 Å². The maximum absolute atomic E-state index is 13.3. The van der Waals surface area contributed by atoms with Crippen molar-refractivity contribution in [1.82, 2.24) is 10.2 Å². The van der Waals surface area contributed by atoms with Gasteiger partial charge >= 0.3 is 5.97 Å². The second-order valence-corrected chi connectivity index (χ2v) is 4.89. The molecule has 0 aliphatic rings. The Morgan fingerprint density at radius 1 is 1.40 bits per heavy atom. The van der Waals surface area contributed by atoms with E-state index in [0.717, 1.165) is 19.6 Å². The van der Waals surface area contributed by atoms with Gasteiger partial charge in [-0.3, -0.25) is 5.32 Å². The normalized spacial score (nSPS) is 14.2. The summed E-state index contributed by atoms with van der Waals surface area (Å²) in [4.78, 5) is 13.7. The second kappa shape index (κ2) is 7.36. The fourth-order valence-electron chi connectivity index (χ4n) is 2.10.